The van der Waals surface area contributed by atoms with Gasteiger partial charge in [0.2, 0.25) is 0 Å². The third kappa shape index (κ3) is 1.99. The molecule has 2 bridgehead atoms. The molecule has 17 heavy (non-hydrogen) atoms. The van der Waals surface area contributed by atoms with Crippen LogP contribution >= 0.6 is 12.2 Å². The van der Waals surface area contributed by atoms with E-state index >= 15 is 0 Å². The van der Waals surface area contributed by atoms with Crippen molar-refractivity contribution in [1.82, 2.24) is 9.55 Å². The van der Waals surface area contributed by atoms with E-state index in [0.717, 1.165) is 29.1 Å². The molecular weight excluding hydrogens is 228 g/mol. The van der Waals surface area contributed by atoms with Crippen LogP contribution in [0, 0.1) is 22.5 Å². The second-order valence-corrected chi connectivity index (χ2v) is 6.61. The monoisotopic (exact) mass is 250 g/mol. The second-order valence-electron chi connectivity index (χ2n) is 6.22. The van der Waals surface area contributed by atoms with Gasteiger partial charge in [-0.3, -0.25) is 0 Å². The number of nitrogens with one attached hydrogen (secondary N) is 1. The maximum atomic E-state index is 5.42. The van der Waals surface area contributed by atoms with Crippen molar-refractivity contribution in [3.8, 4) is 0 Å². The standard InChI is InChI=1S/C14H22N2S/c1-9(2)13-7-15-14(17)16(13)8-12-6-10-3-4-11(12)5-10/h7,9-12H,3-6,8H2,1-2H3,(H,15,17). The first-order chi connectivity index (χ1) is 8.15. The highest BCUT2D eigenvalue weighted by atomic mass is 32.1. The molecule has 0 saturated heterocycles. The Morgan fingerprint density at radius 2 is 2.24 bits per heavy atom. The molecule has 3 unspecified atom stereocenters. The molecule has 3 heteroatoms. The summed E-state index contributed by atoms with van der Waals surface area (Å²) in [5, 5.41) is 0. The predicted molar refractivity (Wildman–Crippen MR) is 72.6 cm³/mol. The van der Waals surface area contributed by atoms with Gasteiger partial charge in [-0.25, -0.2) is 0 Å². The van der Waals surface area contributed by atoms with Crippen LogP contribution in [0.2, 0.25) is 0 Å². The Morgan fingerprint density at radius 3 is 2.82 bits per heavy atom. The average molecular weight is 250 g/mol. The maximum absolute atomic E-state index is 5.42. The van der Waals surface area contributed by atoms with Crippen molar-refractivity contribution in [2.24, 2.45) is 17.8 Å². The van der Waals surface area contributed by atoms with Crippen molar-refractivity contribution in [1.29, 1.82) is 0 Å². The van der Waals surface area contributed by atoms with Crippen LogP contribution in [0.4, 0.5) is 0 Å². The quantitative estimate of drug-likeness (QED) is 0.801. The smallest absolute Gasteiger partial charge is 0.177 e. The highest BCUT2D eigenvalue weighted by Crippen LogP contribution is 2.49. The fourth-order valence-electron chi connectivity index (χ4n) is 3.91. The van der Waals surface area contributed by atoms with E-state index in [1.807, 2.05) is 0 Å². The third-order valence-electron chi connectivity index (χ3n) is 4.79. The van der Waals surface area contributed by atoms with E-state index in [1.165, 1.54) is 31.4 Å². The lowest BCUT2D eigenvalue weighted by molar-refractivity contribution is 0.291. The molecule has 2 aliphatic carbocycles. The minimum atomic E-state index is 0.557. The Balaban J connectivity index is 1.81. The van der Waals surface area contributed by atoms with Crippen LogP contribution < -0.4 is 0 Å². The summed E-state index contributed by atoms with van der Waals surface area (Å²) in [5.41, 5.74) is 1.37. The Labute approximate surface area is 108 Å². The summed E-state index contributed by atoms with van der Waals surface area (Å²) in [6.07, 6.45) is 7.97. The number of hydrogen-bond acceptors (Lipinski definition) is 1. The molecule has 2 saturated carbocycles. The van der Waals surface area contributed by atoms with Crippen LogP contribution in [0.3, 0.4) is 0 Å². The molecule has 2 nitrogen and oxygen atoms in total. The Kier molecular flexibility index (Phi) is 2.89. The molecule has 1 heterocycles. The molecule has 2 fully saturated rings. The fourth-order valence-corrected chi connectivity index (χ4v) is 4.15. The zero-order valence-electron chi connectivity index (χ0n) is 10.8. The van der Waals surface area contributed by atoms with Gasteiger partial charge in [0.1, 0.15) is 0 Å². The number of aromatic nitrogens is 2. The minimum Gasteiger partial charge on any atom is -0.337 e. The summed E-state index contributed by atoms with van der Waals surface area (Å²) in [7, 11) is 0. The molecule has 3 atom stereocenters. The summed E-state index contributed by atoms with van der Waals surface area (Å²) in [6.45, 7) is 5.64. The van der Waals surface area contributed by atoms with E-state index in [1.54, 1.807) is 0 Å². The van der Waals surface area contributed by atoms with E-state index < -0.39 is 0 Å². The molecule has 94 valence electrons. The number of hydrogen-bond donors (Lipinski definition) is 1. The largest absolute Gasteiger partial charge is 0.337 e. The Morgan fingerprint density at radius 1 is 1.41 bits per heavy atom. The van der Waals surface area contributed by atoms with Gasteiger partial charge in [-0.05, 0) is 55.2 Å². The number of nitrogens with zero attached hydrogens (tertiary/aromatic N) is 1. The summed E-state index contributed by atoms with van der Waals surface area (Å²) < 4.78 is 3.27. The van der Waals surface area contributed by atoms with Crippen molar-refractivity contribution in [2.45, 2.75) is 52.0 Å². The zero-order valence-corrected chi connectivity index (χ0v) is 11.6. The van der Waals surface area contributed by atoms with Crippen LogP contribution in [0.5, 0.6) is 0 Å². The minimum absolute atomic E-state index is 0.557. The van der Waals surface area contributed by atoms with Crippen molar-refractivity contribution in [3.05, 3.63) is 16.7 Å². The molecule has 1 N–H and O–H groups in total. The number of aromatic amines is 1. The molecule has 0 aliphatic heterocycles. The lowest BCUT2D eigenvalue weighted by Gasteiger charge is -2.23. The number of fused-ring (bicyclic) bond motifs is 2. The SMILES string of the molecule is CC(C)c1c[nH]c(=S)n1CC1CC2CCC1C2. The number of rotatable bonds is 3. The van der Waals surface area contributed by atoms with E-state index in [0.29, 0.717) is 5.92 Å². The molecule has 1 aromatic rings. The fraction of sp³-hybridized carbons (Fsp3) is 0.786. The number of H-pyrrole nitrogens is 1. The normalized spacial score (nSPS) is 31.6. The average Bonchev–Trinajstić information content (AvgIpc) is 2.95. The van der Waals surface area contributed by atoms with Gasteiger partial charge >= 0.3 is 0 Å². The van der Waals surface area contributed by atoms with Crippen LogP contribution in [0.1, 0.15) is 51.1 Å². The second kappa shape index (κ2) is 4.27. The van der Waals surface area contributed by atoms with Gasteiger partial charge in [0, 0.05) is 18.4 Å². The summed E-state index contributed by atoms with van der Waals surface area (Å²) >= 11 is 5.42. The molecule has 0 spiro atoms. The van der Waals surface area contributed by atoms with Crippen LogP contribution in [0.15, 0.2) is 6.20 Å². The zero-order chi connectivity index (χ0) is 12.0. The van der Waals surface area contributed by atoms with Gasteiger partial charge < -0.3 is 9.55 Å². The van der Waals surface area contributed by atoms with Crippen molar-refractivity contribution in [2.75, 3.05) is 0 Å². The van der Waals surface area contributed by atoms with E-state index in [4.69, 9.17) is 12.2 Å². The van der Waals surface area contributed by atoms with Gasteiger partial charge in [0.05, 0.1) is 0 Å². The van der Waals surface area contributed by atoms with Crippen LogP contribution in [-0.2, 0) is 6.54 Å². The van der Waals surface area contributed by atoms with Gasteiger partial charge in [-0.15, -0.1) is 0 Å². The van der Waals surface area contributed by atoms with Crippen molar-refractivity contribution in [3.63, 3.8) is 0 Å². The molecular formula is C14H22N2S. The Bertz CT molecular complexity index is 457. The predicted octanol–water partition coefficient (Wildman–Crippen LogP) is 4.11. The molecule has 0 amide bonds. The first-order valence-electron chi connectivity index (χ1n) is 6.93. The van der Waals surface area contributed by atoms with Crippen molar-refractivity contribution >= 4 is 12.2 Å². The lowest BCUT2D eigenvalue weighted by Crippen LogP contribution is -2.19. The molecule has 0 radical (unpaired) electrons. The lowest BCUT2D eigenvalue weighted by atomic mass is 9.88. The van der Waals surface area contributed by atoms with E-state index in [-0.39, 0.29) is 0 Å². The first-order valence-corrected chi connectivity index (χ1v) is 7.34. The summed E-state index contributed by atoms with van der Waals surface area (Å²) in [5.74, 6) is 3.45. The molecule has 3 rings (SSSR count). The first kappa shape index (κ1) is 11.5. The maximum Gasteiger partial charge on any atom is 0.177 e. The highest BCUT2D eigenvalue weighted by molar-refractivity contribution is 7.71. The van der Waals surface area contributed by atoms with Gasteiger partial charge in [-0.1, -0.05) is 20.3 Å². The van der Waals surface area contributed by atoms with Crippen molar-refractivity contribution < 1.29 is 0 Å². The van der Waals surface area contributed by atoms with Crippen LogP contribution in [-0.4, -0.2) is 9.55 Å². The summed E-state index contributed by atoms with van der Waals surface area (Å²) in [4.78, 5) is 3.21. The van der Waals surface area contributed by atoms with E-state index in [2.05, 4.69) is 29.6 Å². The number of imidazole rings is 1. The van der Waals surface area contributed by atoms with Gasteiger partial charge in [-0.2, -0.15) is 0 Å². The molecule has 2 aliphatic rings. The summed E-state index contributed by atoms with van der Waals surface area (Å²) in [6, 6.07) is 0. The highest BCUT2D eigenvalue weighted by Gasteiger charge is 2.39. The van der Waals surface area contributed by atoms with E-state index in [9.17, 15) is 0 Å². The van der Waals surface area contributed by atoms with Gasteiger partial charge in [0.15, 0.2) is 4.77 Å². The molecule has 0 aromatic carbocycles. The topological polar surface area (TPSA) is 20.7 Å². The van der Waals surface area contributed by atoms with Gasteiger partial charge in [0.25, 0.3) is 0 Å². The molecule has 1 aromatic heterocycles. The Hall–Kier alpha value is -0.570. The van der Waals surface area contributed by atoms with Crippen LogP contribution in [0.25, 0.3) is 0 Å². The third-order valence-corrected chi connectivity index (χ3v) is 5.13.